The van der Waals surface area contributed by atoms with Crippen molar-refractivity contribution in [3.63, 3.8) is 0 Å². The highest BCUT2D eigenvalue weighted by molar-refractivity contribution is 7.14. The second-order valence-corrected chi connectivity index (χ2v) is 6.55. The molecule has 0 saturated carbocycles. The van der Waals surface area contributed by atoms with Gasteiger partial charge in [0.1, 0.15) is 0 Å². The fraction of sp³-hybridized carbons (Fsp3) is 0.467. The molecule has 1 aromatic heterocycles. The lowest BCUT2D eigenvalue weighted by Gasteiger charge is -2.11. The molecule has 2 aliphatic carbocycles. The van der Waals surface area contributed by atoms with Crippen LogP contribution in [0.15, 0.2) is 18.2 Å². The number of rotatable bonds is 3. The van der Waals surface area contributed by atoms with Gasteiger partial charge in [-0.1, -0.05) is 12.2 Å². The Hall–Kier alpha value is -1.62. The normalized spacial score (nSPS) is 24.4. The third-order valence-electron chi connectivity index (χ3n) is 3.94. The molecule has 2 atom stereocenters. The molecule has 2 aliphatic rings. The molecule has 1 heterocycles. The molecule has 2 unspecified atom stereocenters. The first kappa shape index (κ1) is 13.4. The molecule has 1 amide bonds. The smallest absolute Gasteiger partial charge is 0.310 e. The van der Waals surface area contributed by atoms with Crippen LogP contribution in [0.4, 0.5) is 0 Å². The minimum Gasteiger partial charge on any atom is -0.481 e. The number of carbonyl (C=O) groups excluding carboxylic acids is 1. The summed E-state index contributed by atoms with van der Waals surface area (Å²) in [5.74, 6) is -1.38. The summed E-state index contributed by atoms with van der Waals surface area (Å²) in [6.45, 7) is 0. The molecule has 0 bridgehead atoms. The van der Waals surface area contributed by atoms with Crippen molar-refractivity contribution in [3.8, 4) is 0 Å². The van der Waals surface area contributed by atoms with Gasteiger partial charge < -0.3 is 10.4 Å². The standard InChI is InChI=1S/C15H17NO3S/c17-14(16-11-6-5-10(7-11)15(18)19)13-8-9-3-1-2-4-12(9)20-13/h5-6,8,10-11H,1-4,7H2,(H,16,17)(H,18,19). The van der Waals surface area contributed by atoms with Crippen LogP contribution in [0.3, 0.4) is 0 Å². The Labute approximate surface area is 121 Å². The molecule has 2 N–H and O–H groups in total. The number of hydrogen-bond donors (Lipinski definition) is 2. The lowest BCUT2D eigenvalue weighted by Crippen LogP contribution is -2.32. The van der Waals surface area contributed by atoms with Gasteiger partial charge in [-0.05, 0) is 43.7 Å². The summed E-state index contributed by atoms with van der Waals surface area (Å²) >= 11 is 1.58. The van der Waals surface area contributed by atoms with Crippen LogP contribution in [0.1, 0.15) is 39.4 Å². The highest BCUT2D eigenvalue weighted by atomic mass is 32.1. The van der Waals surface area contributed by atoms with E-state index in [1.54, 1.807) is 23.5 Å². The van der Waals surface area contributed by atoms with Gasteiger partial charge in [0.05, 0.1) is 10.8 Å². The van der Waals surface area contributed by atoms with Crippen LogP contribution in [0.5, 0.6) is 0 Å². The molecule has 5 heteroatoms. The van der Waals surface area contributed by atoms with E-state index in [0.29, 0.717) is 6.42 Å². The van der Waals surface area contributed by atoms with Crippen molar-refractivity contribution in [2.24, 2.45) is 5.92 Å². The number of nitrogens with one attached hydrogen (secondary N) is 1. The number of fused-ring (bicyclic) bond motifs is 1. The van der Waals surface area contributed by atoms with Gasteiger partial charge in [0.15, 0.2) is 0 Å². The number of carboxylic acids is 1. The number of amides is 1. The van der Waals surface area contributed by atoms with Crippen molar-refractivity contribution in [1.29, 1.82) is 0 Å². The van der Waals surface area contributed by atoms with Crippen molar-refractivity contribution >= 4 is 23.2 Å². The van der Waals surface area contributed by atoms with E-state index < -0.39 is 11.9 Å². The lowest BCUT2D eigenvalue weighted by atomic mass is 9.99. The summed E-state index contributed by atoms with van der Waals surface area (Å²) in [4.78, 5) is 25.2. The molecular formula is C15H17NO3S. The average Bonchev–Trinajstić information content (AvgIpc) is 3.04. The Morgan fingerprint density at radius 1 is 1.25 bits per heavy atom. The molecule has 3 rings (SSSR count). The van der Waals surface area contributed by atoms with Crippen LogP contribution in [0.2, 0.25) is 0 Å². The topological polar surface area (TPSA) is 66.4 Å². The number of carboxylic acid groups (broad SMARTS) is 1. The molecule has 0 radical (unpaired) electrons. The summed E-state index contributed by atoms with van der Waals surface area (Å²) in [5.41, 5.74) is 1.32. The number of hydrogen-bond acceptors (Lipinski definition) is 3. The molecule has 20 heavy (non-hydrogen) atoms. The zero-order valence-electron chi connectivity index (χ0n) is 11.1. The van der Waals surface area contributed by atoms with Gasteiger partial charge in [0, 0.05) is 10.9 Å². The predicted molar refractivity (Wildman–Crippen MR) is 77.1 cm³/mol. The van der Waals surface area contributed by atoms with Crippen LogP contribution in [0, 0.1) is 5.92 Å². The molecule has 1 aromatic rings. The number of thiophene rings is 1. The van der Waals surface area contributed by atoms with E-state index in [9.17, 15) is 9.59 Å². The van der Waals surface area contributed by atoms with Crippen LogP contribution in [-0.2, 0) is 17.6 Å². The first-order chi connectivity index (χ1) is 9.63. The van der Waals surface area contributed by atoms with E-state index in [4.69, 9.17) is 5.11 Å². The van der Waals surface area contributed by atoms with E-state index in [1.807, 2.05) is 6.07 Å². The summed E-state index contributed by atoms with van der Waals surface area (Å²) in [5, 5.41) is 11.8. The summed E-state index contributed by atoms with van der Waals surface area (Å²) in [7, 11) is 0. The van der Waals surface area contributed by atoms with Crippen molar-refractivity contribution in [3.05, 3.63) is 33.5 Å². The first-order valence-corrected chi connectivity index (χ1v) is 7.78. The summed E-state index contributed by atoms with van der Waals surface area (Å²) in [6, 6.07) is 1.84. The largest absolute Gasteiger partial charge is 0.481 e. The lowest BCUT2D eigenvalue weighted by molar-refractivity contribution is -0.140. The van der Waals surface area contributed by atoms with Gasteiger partial charge in [0.2, 0.25) is 0 Å². The van der Waals surface area contributed by atoms with Crippen LogP contribution in [0.25, 0.3) is 0 Å². The molecule has 106 valence electrons. The van der Waals surface area contributed by atoms with Crippen LogP contribution in [-0.4, -0.2) is 23.0 Å². The Morgan fingerprint density at radius 2 is 2.05 bits per heavy atom. The van der Waals surface area contributed by atoms with Crippen molar-refractivity contribution in [1.82, 2.24) is 5.32 Å². The Kier molecular flexibility index (Phi) is 3.61. The zero-order valence-corrected chi connectivity index (χ0v) is 11.9. The van der Waals surface area contributed by atoms with Crippen molar-refractivity contribution < 1.29 is 14.7 Å². The molecule has 0 aliphatic heterocycles. The maximum absolute atomic E-state index is 12.2. The highest BCUT2D eigenvalue weighted by Crippen LogP contribution is 2.30. The van der Waals surface area contributed by atoms with E-state index in [2.05, 4.69) is 5.32 Å². The summed E-state index contributed by atoms with van der Waals surface area (Å²) < 4.78 is 0. The van der Waals surface area contributed by atoms with Crippen LogP contribution < -0.4 is 5.32 Å². The fourth-order valence-electron chi connectivity index (χ4n) is 2.83. The van der Waals surface area contributed by atoms with Crippen molar-refractivity contribution in [2.75, 3.05) is 0 Å². The average molecular weight is 291 g/mol. The van der Waals surface area contributed by atoms with E-state index in [0.717, 1.165) is 17.7 Å². The zero-order chi connectivity index (χ0) is 14.1. The maximum atomic E-state index is 12.2. The number of aryl methyl sites for hydroxylation is 2. The monoisotopic (exact) mass is 291 g/mol. The Balaban J connectivity index is 1.64. The van der Waals surface area contributed by atoms with Crippen molar-refractivity contribution in [2.45, 2.75) is 38.1 Å². The third kappa shape index (κ3) is 2.63. The molecular weight excluding hydrogens is 274 g/mol. The first-order valence-electron chi connectivity index (χ1n) is 6.97. The van der Waals surface area contributed by atoms with Gasteiger partial charge in [0.25, 0.3) is 5.91 Å². The number of aliphatic carboxylic acids is 1. The molecule has 4 nitrogen and oxygen atoms in total. The quantitative estimate of drug-likeness (QED) is 0.840. The van der Waals surface area contributed by atoms with Crippen LogP contribution >= 0.6 is 11.3 Å². The predicted octanol–water partition coefficient (Wildman–Crippen LogP) is 2.39. The second kappa shape index (κ2) is 5.40. The molecule has 0 spiro atoms. The number of carbonyl (C=O) groups is 2. The van der Waals surface area contributed by atoms with E-state index in [-0.39, 0.29) is 11.9 Å². The van der Waals surface area contributed by atoms with Gasteiger partial charge in [-0.25, -0.2) is 0 Å². The summed E-state index contributed by atoms with van der Waals surface area (Å²) in [6.07, 6.45) is 8.46. The molecule has 0 aromatic carbocycles. The molecule has 0 fully saturated rings. The fourth-order valence-corrected chi connectivity index (χ4v) is 3.99. The second-order valence-electron chi connectivity index (χ2n) is 5.41. The van der Waals surface area contributed by atoms with Gasteiger partial charge in [-0.15, -0.1) is 11.3 Å². The Morgan fingerprint density at radius 3 is 2.75 bits per heavy atom. The third-order valence-corrected chi connectivity index (χ3v) is 5.17. The minimum absolute atomic E-state index is 0.0786. The maximum Gasteiger partial charge on any atom is 0.310 e. The van der Waals surface area contributed by atoms with Gasteiger partial charge in [-0.2, -0.15) is 0 Å². The highest BCUT2D eigenvalue weighted by Gasteiger charge is 2.26. The SMILES string of the molecule is O=C(NC1C=CC(C(=O)O)C1)c1cc2c(s1)CCCC2. The van der Waals surface area contributed by atoms with E-state index in [1.165, 1.54) is 23.3 Å². The molecule has 0 saturated heterocycles. The van der Waals surface area contributed by atoms with E-state index >= 15 is 0 Å². The van der Waals surface area contributed by atoms with Gasteiger partial charge >= 0.3 is 5.97 Å². The minimum atomic E-state index is -0.829. The Bertz CT molecular complexity index is 552. The van der Waals surface area contributed by atoms with Gasteiger partial charge in [-0.3, -0.25) is 9.59 Å².